The monoisotopic (exact) mass is 634 g/mol. The van der Waals surface area contributed by atoms with Crippen LogP contribution in [0.15, 0.2) is 53.8 Å². The molecule has 0 radical (unpaired) electrons. The Morgan fingerprint density at radius 3 is 2.89 bits per heavy atom. The quantitative estimate of drug-likeness (QED) is 0.0774. The average molecular weight is 635 g/mol. The summed E-state index contributed by atoms with van der Waals surface area (Å²) in [6, 6.07) is 9.77. The van der Waals surface area contributed by atoms with Crippen LogP contribution >= 0.6 is 11.6 Å². The highest BCUT2D eigenvalue weighted by molar-refractivity contribution is 6.30. The molecule has 15 heteroatoms. The van der Waals surface area contributed by atoms with Crippen molar-refractivity contribution in [2.24, 2.45) is 22.7 Å². The molecule has 0 aliphatic carbocycles. The number of hydrogen-bond acceptors (Lipinski definition) is 9. The predicted octanol–water partition coefficient (Wildman–Crippen LogP) is 3.42. The third kappa shape index (κ3) is 7.98. The van der Waals surface area contributed by atoms with Gasteiger partial charge >= 0.3 is 6.09 Å². The van der Waals surface area contributed by atoms with Crippen LogP contribution in [0.25, 0.3) is 17.3 Å². The van der Waals surface area contributed by atoms with Crippen LogP contribution in [0.4, 0.5) is 21.9 Å². The molecule has 8 N–H and O–H groups in total. The van der Waals surface area contributed by atoms with Crippen LogP contribution < -0.4 is 32.6 Å². The predicted molar refractivity (Wildman–Crippen MR) is 173 cm³/mol. The van der Waals surface area contributed by atoms with E-state index in [0.29, 0.717) is 70.0 Å². The van der Waals surface area contributed by atoms with Crippen molar-refractivity contribution in [1.82, 2.24) is 20.2 Å². The van der Waals surface area contributed by atoms with Gasteiger partial charge in [0.15, 0.2) is 0 Å². The number of rotatable bonds is 6. The van der Waals surface area contributed by atoms with E-state index in [1.165, 1.54) is 24.5 Å². The minimum atomic E-state index is -0.626. The van der Waals surface area contributed by atoms with Crippen molar-refractivity contribution in [3.8, 4) is 11.3 Å². The topological polar surface area (TPSA) is 196 Å². The van der Waals surface area contributed by atoms with E-state index in [9.17, 15) is 14.4 Å². The molecule has 2 aliphatic heterocycles. The van der Waals surface area contributed by atoms with Crippen LogP contribution in [-0.4, -0.2) is 65.9 Å². The number of nitrogens with two attached hydrogens (primary N) is 2. The van der Waals surface area contributed by atoms with Crippen molar-refractivity contribution in [1.29, 1.82) is 0 Å². The first-order chi connectivity index (χ1) is 21.7. The number of hydrogen-bond donors (Lipinski definition) is 6. The highest BCUT2D eigenvalue weighted by atomic mass is 35.5. The van der Waals surface area contributed by atoms with Crippen LogP contribution in [0.3, 0.4) is 0 Å². The lowest BCUT2D eigenvalue weighted by Crippen LogP contribution is -2.31. The molecule has 4 bridgehead atoms. The third-order valence-electron chi connectivity index (χ3n) is 7.72. The highest BCUT2D eigenvalue weighted by Crippen LogP contribution is 2.33. The van der Waals surface area contributed by atoms with Gasteiger partial charge in [-0.05, 0) is 67.8 Å². The number of aromatic amines is 1. The van der Waals surface area contributed by atoms with Crippen LogP contribution in [0.5, 0.6) is 0 Å². The number of H-pyrrole nitrogens is 1. The van der Waals surface area contributed by atoms with Gasteiger partial charge in [-0.1, -0.05) is 11.6 Å². The summed E-state index contributed by atoms with van der Waals surface area (Å²) in [5, 5.41) is 13.9. The Bertz CT molecular complexity index is 1620. The number of ether oxygens (including phenoxy) is 1. The lowest BCUT2D eigenvalue weighted by molar-refractivity contribution is -0.117. The number of anilines is 3. The number of halogens is 1. The number of hydrazine groups is 1. The fraction of sp³-hybridized carbons (Fsp3) is 0.300. The molecular formula is C30H35ClN10O4. The van der Waals surface area contributed by atoms with Crippen LogP contribution in [0.1, 0.15) is 36.7 Å². The lowest BCUT2D eigenvalue weighted by atomic mass is 9.98. The number of aromatic nitrogens is 2. The Morgan fingerprint density at radius 1 is 1.24 bits per heavy atom. The second kappa shape index (κ2) is 14.2. The van der Waals surface area contributed by atoms with Crippen molar-refractivity contribution in [3.63, 3.8) is 0 Å². The van der Waals surface area contributed by atoms with Crippen LogP contribution in [-0.2, 0) is 14.3 Å². The molecule has 5 rings (SSSR count). The summed E-state index contributed by atoms with van der Waals surface area (Å²) in [7, 11) is 1.28. The maximum atomic E-state index is 13.3. The maximum Gasteiger partial charge on any atom is 0.411 e. The van der Waals surface area contributed by atoms with Crippen molar-refractivity contribution in [2.45, 2.75) is 25.3 Å². The van der Waals surface area contributed by atoms with Crippen molar-refractivity contribution in [3.05, 3.63) is 65.1 Å². The van der Waals surface area contributed by atoms with Gasteiger partial charge in [-0.3, -0.25) is 19.9 Å². The molecule has 2 aromatic carbocycles. The summed E-state index contributed by atoms with van der Waals surface area (Å²) in [5.41, 5.74) is 3.40. The number of fused-ring (bicyclic) bond motifs is 6. The Labute approximate surface area is 264 Å². The molecule has 3 atom stereocenters. The molecule has 3 heterocycles. The Hall–Kier alpha value is -4.92. The van der Waals surface area contributed by atoms with Gasteiger partial charge in [-0.25, -0.2) is 15.6 Å². The van der Waals surface area contributed by atoms with E-state index < -0.39 is 12.1 Å². The van der Waals surface area contributed by atoms with Gasteiger partial charge in [0, 0.05) is 47.4 Å². The number of hydrazone groups is 1. The van der Waals surface area contributed by atoms with Crippen molar-refractivity contribution in [2.75, 3.05) is 42.4 Å². The molecule has 45 heavy (non-hydrogen) atoms. The number of benzene rings is 2. The summed E-state index contributed by atoms with van der Waals surface area (Å²) in [4.78, 5) is 48.3. The van der Waals surface area contributed by atoms with Gasteiger partial charge < -0.3 is 31.1 Å². The fourth-order valence-corrected chi connectivity index (χ4v) is 5.73. The SMILES string of the molecule is COC(=O)Nc1ccc2c(c1)NC(=O)CCN1CCC(CC(NC(=O)/C=C/c3cc(Cl)ccc3N(N)/C=N\N)c3ncc-2[nH]3)C1. The van der Waals surface area contributed by atoms with E-state index in [2.05, 4.69) is 35.9 Å². The van der Waals surface area contributed by atoms with Gasteiger partial charge in [0.05, 0.1) is 36.4 Å². The smallest absolute Gasteiger partial charge is 0.411 e. The van der Waals surface area contributed by atoms with Gasteiger partial charge in [-0.15, -0.1) is 0 Å². The minimum absolute atomic E-state index is 0.139. The first kappa shape index (κ1) is 31.5. The van der Waals surface area contributed by atoms with Gasteiger partial charge in [0.1, 0.15) is 12.2 Å². The van der Waals surface area contributed by atoms with E-state index in [-0.39, 0.29) is 11.8 Å². The molecule has 2 aliphatic rings. The van der Waals surface area contributed by atoms with E-state index in [1.54, 1.807) is 48.7 Å². The van der Waals surface area contributed by atoms with E-state index >= 15 is 0 Å². The fourth-order valence-electron chi connectivity index (χ4n) is 5.55. The number of nitrogens with zero attached hydrogens (tertiary/aromatic N) is 4. The molecule has 0 saturated carbocycles. The molecule has 236 valence electrons. The van der Waals surface area contributed by atoms with E-state index in [4.69, 9.17) is 28.0 Å². The Morgan fingerprint density at radius 2 is 2.09 bits per heavy atom. The molecule has 3 amide bonds. The first-order valence-corrected chi connectivity index (χ1v) is 14.7. The standard InChI is InChI=1S/C30H35ClN10O4/c1-45-30(44)36-21-4-5-22-23(14-21)37-28(43)9-11-40-10-8-18(16-40)12-24(29-34-15-25(22)39-29)38-27(42)7-2-19-13-20(31)3-6-26(19)41(33)17-35-32/h2-7,13-15,17-18,24H,8-12,16,32-33H2,1H3,(H,34,39)(H,36,44)(H,37,43)(H,38,42)/b7-2+,35-17-. The average Bonchev–Trinajstić information content (AvgIpc) is 3.68. The largest absolute Gasteiger partial charge is 0.453 e. The molecule has 3 unspecified atom stereocenters. The molecule has 1 fully saturated rings. The Balaban J connectivity index is 1.44. The number of methoxy groups -OCH3 is 1. The van der Waals surface area contributed by atoms with Gasteiger partial charge in [0.25, 0.3) is 0 Å². The van der Waals surface area contributed by atoms with Crippen LogP contribution in [0, 0.1) is 5.92 Å². The summed E-state index contributed by atoms with van der Waals surface area (Å²) in [5.74, 6) is 11.7. The third-order valence-corrected chi connectivity index (χ3v) is 7.96. The Kier molecular flexibility index (Phi) is 9.97. The van der Waals surface area contributed by atoms with E-state index in [0.717, 1.165) is 19.5 Å². The number of nitrogens with one attached hydrogen (secondary N) is 4. The zero-order valence-electron chi connectivity index (χ0n) is 24.6. The molecule has 1 aromatic heterocycles. The van der Waals surface area contributed by atoms with E-state index in [1.807, 2.05) is 0 Å². The number of imidazole rings is 1. The number of amides is 3. The number of carbonyl (C=O) groups excluding carboxylic acids is 3. The van der Waals surface area contributed by atoms with Crippen molar-refractivity contribution < 1.29 is 19.1 Å². The first-order valence-electron chi connectivity index (χ1n) is 14.3. The highest BCUT2D eigenvalue weighted by Gasteiger charge is 2.29. The molecule has 0 spiro atoms. The molecule has 3 aromatic rings. The van der Waals surface area contributed by atoms with Gasteiger partial charge in [-0.2, -0.15) is 5.10 Å². The second-order valence-corrected chi connectivity index (χ2v) is 11.3. The summed E-state index contributed by atoms with van der Waals surface area (Å²) >= 11 is 6.21. The molecular weight excluding hydrogens is 600 g/mol. The van der Waals surface area contributed by atoms with Crippen LogP contribution in [0.2, 0.25) is 5.02 Å². The van der Waals surface area contributed by atoms with Gasteiger partial charge in [0.2, 0.25) is 11.8 Å². The lowest BCUT2D eigenvalue weighted by Gasteiger charge is -2.21. The zero-order valence-corrected chi connectivity index (χ0v) is 25.4. The second-order valence-electron chi connectivity index (χ2n) is 10.8. The normalized spacial score (nSPS) is 19.9. The summed E-state index contributed by atoms with van der Waals surface area (Å²) in [6.07, 6.45) is 7.21. The van der Waals surface area contributed by atoms with Crippen molar-refractivity contribution >= 4 is 59.0 Å². The zero-order chi connectivity index (χ0) is 31.9. The minimum Gasteiger partial charge on any atom is -0.453 e. The number of carbonyl (C=O) groups is 3. The maximum absolute atomic E-state index is 13.3. The summed E-state index contributed by atoms with van der Waals surface area (Å²) in [6.45, 7) is 2.26. The molecule has 1 saturated heterocycles. The molecule has 14 nitrogen and oxygen atoms in total. The summed E-state index contributed by atoms with van der Waals surface area (Å²) < 4.78 is 4.70.